The lowest BCUT2D eigenvalue weighted by atomic mass is 10.1. The molecule has 21 heavy (non-hydrogen) atoms. The van der Waals surface area contributed by atoms with Crippen LogP contribution in [0.4, 0.5) is 0 Å². The number of benzene rings is 1. The number of nitrogens with one attached hydrogen (secondary N) is 3. The van der Waals surface area contributed by atoms with Crippen molar-refractivity contribution in [3.8, 4) is 0 Å². The number of carbonyl (C=O) groups is 2. The van der Waals surface area contributed by atoms with Gasteiger partial charge in [0.2, 0.25) is 11.8 Å². The molecule has 0 aliphatic carbocycles. The molecule has 5 nitrogen and oxygen atoms in total. The van der Waals surface area contributed by atoms with E-state index in [4.69, 9.17) is 11.6 Å². The van der Waals surface area contributed by atoms with Crippen LogP contribution in [0.3, 0.4) is 0 Å². The Hall–Kier alpha value is -1.59. The summed E-state index contributed by atoms with van der Waals surface area (Å²) in [4.78, 5) is 23.1. The summed E-state index contributed by atoms with van der Waals surface area (Å²) < 4.78 is 0. The third-order valence-corrected chi connectivity index (χ3v) is 3.05. The smallest absolute Gasteiger partial charge is 0.239 e. The van der Waals surface area contributed by atoms with Gasteiger partial charge in [-0.15, -0.1) is 0 Å². The van der Waals surface area contributed by atoms with E-state index >= 15 is 0 Å². The van der Waals surface area contributed by atoms with Crippen molar-refractivity contribution >= 4 is 23.4 Å². The fourth-order valence-electron chi connectivity index (χ4n) is 1.75. The Bertz CT molecular complexity index is 492. The van der Waals surface area contributed by atoms with Gasteiger partial charge in [0.15, 0.2) is 0 Å². The van der Waals surface area contributed by atoms with E-state index in [0.717, 1.165) is 5.56 Å². The SMILES string of the molecule is CC(C)NC(=O)CNC(=O)CN[C@H](C)c1cccc(Cl)c1. The number of amides is 2. The fraction of sp³-hybridized carbons (Fsp3) is 0.467. The zero-order valence-corrected chi connectivity index (χ0v) is 13.3. The van der Waals surface area contributed by atoms with Crippen molar-refractivity contribution in [2.75, 3.05) is 13.1 Å². The molecule has 3 N–H and O–H groups in total. The first-order valence-corrected chi connectivity index (χ1v) is 7.31. The van der Waals surface area contributed by atoms with Crippen LogP contribution in [0.5, 0.6) is 0 Å². The second-order valence-corrected chi connectivity index (χ2v) is 5.59. The predicted molar refractivity (Wildman–Crippen MR) is 84.2 cm³/mol. The van der Waals surface area contributed by atoms with Crippen molar-refractivity contribution in [3.63, 3.8) is 0 Å². The quantitative estimate of drug-likeness (QED) is 0.717. The van der Waals surface area contributed by atoms with Gasteiger partial charge in [0, 0.05) is 17.1 Å². The summed E-state index contributed by atoms with van der Waals surface area (Å²) in [6.07, 6.45) is 0. The first-order valence-electron chi connectivity index (χ1n) is 6.93. The monoisotopic (exact) mass is 311 g/mol. The van der Waals surface area contributed by atoms with Crippen molar-refractivity contribution in [2.24, 2.45) is 0 Å². The Labute approximate surface area is 130 Å². The molecule has 116 valence electrons. The summed E-state index contributed by atoms with van der Waals surface area (Å²) >= 11 is 5.93. The largest absolute Gasteiger partial charge is 0.352 e. The number of hydrogen-bond acceptors (Lipinski definition) is 3. The molecule has 0 bridgehead atoms. The van der Waals surface area contributed by atoms with Gasteiger partial charge < -0.3 is 16.0 Å². The lowest BCUT2D eigenvalue weighted by Crippen LogP contribution is -2.42. The van der Waals surface area contributed by atoms with Crippen molar-refractivity contribution in [1.29, 1.82) is 0 Å². The molecule has 1 rings (SSSR count). The van der Waals surface area contributed by atoms with Crippen LogP contribution in [0.25, 0.3) is 0 Å². The highest BCUT2D eigenvalue weighted by atomic mass is 35.5. The standard InChI is InChI=1S/C15H22ClN3O2/c1-10(2)19-15(21)9-18-14(20)8-17-11(3)12-5-4-6-13(16)7-12/h4-7,10-11,17H,8-9H2,1-3H3,(H,18,20)(H,19,21)/t11-/m1/s1. The van der Waals surface area contributed by atoms with Crippen molar-refractivity contribution in [2.45, 2.75) is 32.9 Å². The first-order chi connectivity index (χ1) is 9.88. The molecule has 0 fully saturated rings. The van der Waals surface area contributed by atoms with Crippen LogP contribution in [0, 0.1) is 0 Å². The van der Waals surface area contributed by atoms with Gasteiger partial charge in [0.05, 0.1) is 13.1 Å². The molecule has 1 atom stereocenters. The van der Waals surface area contributed by atoms with Crippen LogP contribution in [0.2, 0.25) is 5.02 Å². The maximum Gasteiger partial charge on any atom is 0.239 e. The predicted octanol–water partition coefficient (Wildman–Crippen LogP) is 1.63. The van der Waals surface area contributed by atoms with Crippen LogP contribution in [0.15, 0.2) is 24.3 Å². The first kappa shape index (κ1) is 17.5. The van der Waals surface area contributed by atoms with Gasteiger partial charge in [0.1, 0.15) is 0 Å². The van der Waals surface area contributed by atoms with E-state index in [-0.39, 0.29) is 37.0 Å². The molecule has 0 unspecified atom stereocenters. The summed E-state index contributed by atoms with van der Waals surface area (Å²) in [7, 11) is 0. The van der Waals surface area contributed by atoms with Crippen molar-refractivity contribution < 1.29 is 9.59 Å². The lowest BCUT2D eigenvalue weighted by Gasteiger charge is -2.14. The minimum atomic E-state index is -0.220. The van der Waals surface area contributed by atoms with Crippen LogP contribution >= 0.6 is 11.6 Å². The van der Waals surface area contributed by atoms with Gasteiger partial charge in [-0.2, -0.15) is 0 Å². The summed E-state index contributed by atoms with van der Waals surface area (Å²) in [6.45, 7) is 5.82. The third kappa shape index (κ3) is 7.11. The molecule has 0 saturated carbocycles. The Morgan fingerprint density at radius 2 is 1.86 bits per heavy atom. The summed E-state index contributed by atoms with van der Waals surface area (Å²) in [6, 6.07) is 7.53. The molecule has 0 aromatic heterocycles. The van der Waals surface area contributed by atoms with Gasteiger partial charge >= 0.3 is 0 Å². The molecule has 0 heterocycles. The Morgan fingerprint density at radius 1 is 1.14 bits per heavy atom. The van der Waals surface area contributed by atoms with Crippen LogP contribution in [-0.4, -0.2) is 30.9 Å². The third-order valence-electron chi connectivity index (χ3n) is 2.81. The molecule has 0 aliphatic rings. The molecule has 6 heteroatoms. The number of carbonyl (C=O) groups excluding carboxylic acids is 2. The van der Waals surface area contributed by atoms with E-state index in [1.807, 2.05) is 39.0 Å². The molecular weight excluding hydrogens is 290 g/mol. The second kappa shape index (κ2) is 8.64. The van der Waals surface area contributed by atoms with Crippen molar-refractivity contribution in [3.05, 3.63) is 34.9 Å². The topological polar surface area (TPSA) is 70.2 Å². The molecule has 0 spiro atoms. The van der Waals surface area contributed by atoms with Crippen LogP contribution < -0.4 is 16.0 Å². The van der Waals surface area contributed by atoms with E-state index in [1.54, 1.807) is 6.07 Å². The summed E-state index contributed by atoms with van der Waals surface area (Å²) in [5.74, 6) is -0.413. The molecular formula is C15H22ClN3O2. The maximum atomic E-state index is 11.7. The minimum Gasteiger partial charge on any atom is -0.352 e. The Balaban J connectivity index is 2.31. The van der Waals surface area contributed by atoms with Gasteiger partial charge in [-0.3, -0.25) is 9.59 Å². The summed E-state index contributed by atoms with van der Waals surface area (Å²) in [5, 5.41) is 9.02. The average Bonchev–Trinajstić information content (AvgIpc) is 2.41. The molecule has 0 aliphatic heterocycles. The van der Waals surface area contributed by atoms with Gasteiger partial charge in [-0.05, 0) is 38.5 Å². The zero-order chi connectivity index (χ0) is 15.8. The Morgan fingerprint density at radius 3 is 2.48 bits per heavy atom. The van der Waals surface area contributed by atoms with E-state index in [1.165, 1.54) is 0 Å². The maximum absolute atomic E-state index is 11.7. The number of halogens is 1. The van der Waals surface area contributed by atoms with Crippen LogP contribution in [0.1, 0.15) is 32.4 Å². The van der Waals surface area contributed by atoms with E-state index in [9.17, 15) is 9.59 Å². The van der Waals surface area contributed by atoms with E-state index < -0.39 is 0 Å². The number of hydrogen-bond donors (Lipinski definition) is 3. The fourth-order valence-corrected chi connectivity index (χ4v) is 1.95. The lowest BCUT2D eigenvalue weighted by molar-refractivity contribution is -0.125. The average molecular weight is 312 g/mol. The normalized spacial score (nSPS) is 12.0. The molecule has 1 aromatic rings. The highest BCUT2D eigenvalue weighted by molar-refractivity contribution is 6.30. The molecule has 0 radical (unpaired) electrons. The molecule has 0 saturated heterocycles. The summed E-state index contributed by atoms with van der Waals surface area (Å²) in [5.41, 5.74) is 1.01. The molecule has 1 aromatic carbocycles. The van der Waals surface area contributed by atoms with Gasteiger partial charge in [-0.1, -0.05) is 23.7 Å². The van der Waals surface area contributed by atoms with Gasteiger partial charge in [-0.25, -0.2) is 0 Å². The minimum absolute atomic E-state index is 0.000981. The zero-order valence-electron chi connectivity index (χ0n) is 12.6. The van der Waals surface area contributed by atoms with E-state index in [2.05, 4.69) is 16.0 Å². The number of rotatable bonds is 7. The van der Waals surface area contributed by atoms with Crippen LogP contribution in [-0.2, 0) is 9.59 Å². The second-order valence-electron chi connectivity index (χ2n) is 5.16. The van der Waals surface area contributed by atoms with Crippen molar-refractivity contribution in [1.82, 2.24) is 16.0 Å². The highest BCUT2D eigenvalue weighted by Gasteiger charge is 2.09. The Kier molecular flexibility index (Phi) is 7.19. The highest BCUT2D eigenvalue weighted by Crippen LogP contribution is 2.16. The molecule has 2 amide bonds. The van der Waals surface area contributed by atoms with E-state index in [0.29, 0.717) is 5.02 Å². The van der Waals surface area contributed by atoms with Gasteiger partial charge in [0.25, 0.3) is 0 Å².